The van der Waals surface area contributed by atoms with E-state index in [0.29, 0.717) is 0 Å². The first-order valence-electron chi connectivity index (χ1n) is 5.70. The van der Waals surface area contributed by atoms with E-state index in [9.17, 15) is 4.79 Å². The van der Waals surface area contributed by atoms with Crippen molar-refractivity contribution < 1.29 is 19.4 Å². The van der Waals surface area contributed by atoms with Gasteiger partial charge in [0.05, 0.1) is 13.7 Å². The number of hydrogen-bond acceptors (Lipinski definition) is 4. The minimum Gasteiger partial charge on any atom is -0.496 e. The number of nitrogens with one attached hydrogen (secondary N) is 1. The normalized spacial score (nSPS) is 13.9. The van der Waals surface area contributed by atoms with Crippen LogP contribution in [0.4, 0.5) is 0 Å². The number of para-hydroxylation sites is 1. The first-order chi connectivity index (χ1) is 8.60. The zero-order valence-electron chi connectivity index (χ0n) is 10.8. The van der Waals surface area contributed by atoms with E-state index < -0.39 is 12.0 Å². The van der Waals surface area contributed by atoms with Crippen molar-refractivity contribution in [2.24, 2.45) is 0 Å². The third kappa shape index (κ3) is 3.72. The molecule has 1 aromatic carbocycles. The van der Waals surface area contributed by atoms with Crippen molar-refractivity contribution in [2.45, 2.75) is 19.0 Å². The maximum atomic E-state index is 11.0. The summed E-state index contributed by atoms with van der Waals surface area (Å²) in [5, 5.41) is 12.1. The molecular formula is C13H19NO4. The van der Waals surface area contributed by atoms with Gasteiger partial charge in [-0.25, -0.2) is 0 Å². The summed E-state index contributed by atoms with van der Waals surface area (Å²) in [5.41, 5.74) is 0.919. The number of methoxy groups -OCH3 is 2. The molecule has 0 saturated carbocycles. The van der Waals surface area contributed by atoms with Crippen molar-refractivity contribution in [3.63, 3.8) is 0 Å². The lowest BCUT2D eigenvalue weighted by Gasteiger charge is -2.21. The lowest BCUT2D eigenvalue weighted by molar-refractivity contribution is -0.141. The average molecular weight is 253 g/mol. The van der Waals surface area contributed by atoms with E-state index in [1.165, 1.54) is 7.11 Å². The van der Waals surface area contributed by atoms with E-state index in [-0.39, 0.29) is 12.6 Å². The Bertz CT molecular complexity index is 394. The fraction of sp³-hybridized carbons (Fsp3) is 0.462. The Morgan fingerprint density at radius 2 is 2.06 bits per heavy atom. The largest absolute Gasteiger partial charge is 0.496 e. The van der Waals surface area contributed by atoms with E-state index >= 15 is 0 Å². The highest BCUT2D eigenvalue weighted by molar-refractivity contribution is 5.73. The topological polar surface area (TPSA) is 67.8 Å². The van der Waals surface area contributed by atoms with Crippen LogP contribution in [0.5, 0.6) is 5.75 Å². The Labute approximate surface area is 107 Å². The van der Waals surface area contributed by atoms with Gasteiger partial charge < -0.3 is 14.6 Å². The van der Waals surface area contributed by atoms with Gasteiger partial charge in [-0.15, -0.1) is 0 Å². The molecule has 1 aromatic rings. The van der Waals surface area contributed by atoms with E-state index in [2.05, 4.69) is 5.32 Å². The Kier molecular flexibility index (Phi) is 5.61. The molecule has 1 rings (SSSR count). The first kappa shape index (κ1) is 14.5. The molecule has 0 amide bonds. The average Bonchev–Trinajstić information content (AvgIpc) is 2.37. The van der Waals surface area contributed by atoms with E-state index in [1.54, 1.807) is 7.11 Å². The Morgan fingerprint density at radius 1 is 1.39 bits per heavy atom. The summed E-state index contributed by atoms with van der Waals surface area (Å²) in [6.45, 7) is 2.01. The molecule has 5 nitrogen and oxygen atoms in total. The smallest absolute Gasteiger partial charge is 0.323 e. The SMILES string of the molecule is COCC(N[C@H](C)c1ccccc1OC)C(=O)O. The highest BCUT2D eigenvalue weighted by Gasteiger charge is 2.21. The van der Waals surface area contributed by atoms with Crippen molar-refractivity contribution in [3.8, 4) is 5.75 Å². The lowest BCUT2D eigenvalue weighted by atomic mass is 10.1. The molecule has 100 valence electrons. The molecule has 0 heterocycles. The quantitative estimate of drug-likeness (QED) is 0.769. The number of carbonyl (C=O) groups is 1. The first-order valence-corrected chi connectivity index (χ1v) is 5.70. The summed E-state index contributed by atoms with van der Waals surface area (Å²) in [4.78, 5) is 11.0. The van der Waals surface area contributed by atoms with Gasteiger partial charge in [-0.2, -0.15) is 0 Å². The fourth-order valence-corrected chi connectivity index (χ4v) is 1.77. The van der Waals surface area contributed by atoms with Crippen LogP contribution in [0.2, 0.25) is 0 Å². The van der Waals surface area contributed by atoms with Gasteiger partial charge in [-0.05, 0) is 13.0 Å². The van der Waals surface area contributed by atoms with Gasteiger partial charge in [-0.3, -0.25) is 10.1 Å². The molecule has 0 fully saturated rings. The van der Waals surface area contributed by atoms with Gasteiger partial charge >= 0.3 is 5.97 Å². The summed E-state index contributed by atoms with van der Waals surface area (Å²) in [6.07, 6.45) is 0. The van der Waals surface area contributed by atoms with E-state index in [1.807, 2.05) is 31.2 Å². The highest BCUT2D eigenvalue weighted by atomic mass is 16.5. The van der Waals surface area contributed by atoms with Crippen LogP contribution in [0.25, 0.3) is 0 Å². The van der Waals surface area contributed by atoms with Crippen LogP contribution in [0.3, 0.4) is 0 Å². The number of carboxylic acids is 1. The van der Waals surface area contributed by atoms with Gasteiger partial charge in [0, 0.05) is 18.7 Å². The van der Waals surface area contributed by atoms with Crippen molar-refractivity contribution in [1.29, 1.82) is 0 Å². The van der Waals surface area contributed by atoms with Gasteiger partial charge in [0.1, 0.15) is 11.8 Å². The fourth-order valence-electron chi connectivity index (χ4n) is 1.77. The minimum absolute atomic E-state index is 0.120. The van der Waals surface area contributed by atoms with Crippen molar-refractivity contribution >= 4 is 5.97 Å². The number of aliphatic carboxylic acids is 1. The van der Waals surface area contributed by atoms with Gasteiger partial charge in [0.15, 0.2) is 0 Å². The second-order valence-electron chi connectivity index (χ2n) is 3.98. The molecule has 0 aliphatic carbocycles. The number of carboxylic acid groups (broad SMARTS) is 1. The maximum Gasteiger partial charge on any atom is 0.323 e. The number of rotatable bonds is 7. The predicted octanol–water partition coefficient (Wildman–Crippen LogP) is 1.45. The summed E-state index contributed by atoms with van der Waals surface area (Å²) in [7, 11) is 3.07. The standard InChI is InChI=1S/C13H19NO4/c1-9(14-11(8-17-2)13(15)16)10-6-4-5-7-12(10)18-3/h4-7,9,11,14H,8H2,1-3H3,(H,15,16)/t9-,11?/m1/s1. The lowest BCUT2D eigenvalue weighted by Crippen LogP contribution is -2.41. The number of ether oxygens (including phenoxy) is 2. The molecule has 18 heavy (non-hydrogen) atoms. The molecule has 0 aliphatic rings. The summed E-state index contributed by atoms with van der Waals surface area (Å²) >= 11 is 0. The van der Waals surface area contributed by atoms with Crippen molar-refractivity contribution in [2.75, 3.05) is 20.8 Å². The zero-order chi connectivity index (χ0) is 13.5. The summed E-state index contributed by atoms with van der Waals surface area (Å²) < 4.78 is 10.1. The van der Waals surface area contributed by atoms with Crippen LogP contribution in [0.1, 0.15) is 18.5 Å². The third-order valence-corrected chi connectivity index (χ3v) is 2.69. The molecule has 0 bridgehead atoms. The molecule has 0 radical (unpaired) electrons. The van der Waals surface area contributed by atoms with E-state index in [0.717, 1.165) is 11.3 Å². The number of benzene rings is 1. The van der Waals surface area contributed by atoms with E-state index in [4.69, 9.17) is 14.6 Å². The van der Waals surface area contributed by atoms with Crippen LogP contribution in [-0.2, 0) is 9.53 Å². The Morgan fingerprint density at radius 3 is 2.61 bits per heavy atom. The molecule has 2 N–H and O–H groups in total. The van der Waals surface area contributed by atoms with Crippen molar-refractivity contribution in [3.05, 3.63) is 29.8 Å². The zero-order valence-corrected chi connectivity index (χ0v) is 10.8. The van der Waals surface area contributed by atoms with Gasteiger partial charge in [-0.1, -0.05) is 18.2 Å². The minimum atomic E-state index is -0.932. The second-order valence-corrected chi connectivity index (χ2v) is 3.98. The van der Waals surface area contributed by atoms with Crippen LogP contribution >= 0.6 is 0 Å². The molecular weight excluding hydrogens is 234 g/mol. The summed E-state index contributed by atoms with van der Waals surface area (Å²) in [6, 6.07) is 6.63. The molecule has 0 saturated heterocycles. The molecule has 5 heteroatoms. The van der Waals surface area contributed by atoms with Gasteiger partial charge in [0.2, 0.25) is 0 Å². The number of hydrogen-bond donors (Lipinski definition) is 2. The second kappa shape index (κ2) is 6.98. The Hall–Kier alpha value is -1.59. The summed E-state index contributed by atoms with van der Waals surface area (Å²) in [5.74, 6) is -0.197. The molecule has 0 aliphatic heterocycles. The van der Waals surface area contributed by atoms with Crippen LogP contribution in [0.15, 0.2) is 24.3 Å². The molecule has 1 unspecified atom stereocenters. The Balaban J connectivity index is 2.79. The maximum absolute atomic E-state index is 11.0. The van der Waals surface area contributed by atoms with Gasteiger partial charge in [0.25, 0.3) is 0 Å². The monoisotopic (exact) mass is 253 g/mol. The van der Waals surface area contributed by atoms with Crippen molar-refractivity contribution in [1.82, 2.24) is 5.32 Å². The van der Waals surface area contributed by atoms with Crippen LogP contribution < -0.4 is 10.1 Å². The van der Waals surface area contributed by atoms with Crippen LogP contribution in [-0.4, -0.2) is 37.9 Å². The van der Waals surface area contributed by atoms with Crippen LogP contribution in [0, 0.1) is 0 Å². The molecule has 0 spiro atoms. The predicted molar refractivity (Wildman–Crippen MR) is 67.8 cm³/mol. The highest BCUT2D eigenvalue weighted by Crippen LogP contribution is 2.24. The molecule has 2 atom stereocenters. The molecule has 0 aromatic heterocycles. The third-order valence-electron chi connectivity index (χ3n) is 2.69.